The van der Waals surface area contributed by atoms with Gasteiger partial charge in [-0.05, 0) is 64.1 Å². The number of hydrogen-bond donors (Lipinski definition) is 1. The fourth-order valence-electron chi connectivity index (χ4n) is 2.85. The van der Waals surface area contributed by atoms with Crippen LogP contribution in [-0.2, 0) is 0 Å². The van der Waals surface area contributed by atoms with Gasteiger partial charge in [0.25, 0.3) is 0 Å². The van der Waals surface area contributed by atoms with Gasteiger partial charge in [0.05, 0.1) is 0 Å². The van der Waals surface area contributed by atoms with Crippen LogP contribution in [0.3, 0.4) is 0 Å². The lowest BCUT2D eigenvalue weighted by Gasteiger charge is -2.44. The largest absolute Gasteiger partial charge is 0.328 e. The fourth-order valence-corrected chi connectivity index (χ4v) is 2.85. The van der Waals surface area contributed by atoms with Crippen LogP contribution in [0.25, 0.3) is 0 Å². The van der Waals surface area contributed by atoms with Gasteiger partial charge < -0.3 is 10.6 Å². The second-order valence-electron chi connectivity index (χ2n) is 5.14. The molecule has 0 atom stereocenters. The Morgan fingerprint density at radius 3 is 2.15 bits per heavy atom. The summed E-state index contributed by atoms with van der Waals surface area (Å²) in [5.41, 5.74) is 6.64. The SMILES string of the molecule is CN1CCC2(CCC(N)CC2)CC1. The minimum Gasteiger partial charge on any atom is -0.328 e. The smallest absolute Gasteiger partial charge is 0.00392 e. The van der Waals surface area contributed by atoms with E-state index in [0.717, 1.165) is 0 Å². The molecule has 1 heterocycles. The minimum absolute atomic E-state index is 0.505. The van der Waals surface area contributed by atoms with Crippen molar-refractivity contribution < 1.29 is 0 Å². The molecule has 0 aromatic heterocycles. The molecular formula is C11H22N2. The van der Waals surface area contributed by atoms with Crippen LogP contribution in [0, 0.1) is 5.41 Å². The Morgan fingerprint density at radius 2 is 1.62 bits per heavy atom. The van der Waals surface area contributed by atoms with Gasteiger partial charge in [-0.15, -0.1) is 0 Å². The molecule has 1 spiro atoms. The van der Waals surface area contributed by atoms with Gasteiger partial charge in [-0.3, -0.25) is 0 Å². The van der Waals surface area contributed by atoms with Crippen LogP contribution in [0.5, 0.6) is 0 Å². The highest BCUT2D eigenvalue weighted by atomic mass is 15.1. The fraction of sp³-hybridized carbons (Fsp3) is 1.00. The molecule has 2 N–H and O–H groups in total. The van der Waals surface area contributed by atoms with E-state index in [1.165, 1.54) is 51.6 Å². The van der Waals surface area contributed by atoms with E-state index in [-0.39, 0.29) is 0 Å². The lowest BCUT2D eigenvalue weighted by atomic mass is 9.67. The first kappa shape index (κ1) is 9.47. The summed E-state index contributed by atoms with van der Waals surface area (Å²) in [6.07, 6.45) is 8.14. The molecule has 2 rings (SSSR count). The van der Waals surface area contributed by atoms with Crippen molar-refractivity contribution in [3.05, 3.63) is 0 Å². The second-order valence-corrected chi connectivity index (χ2v) is 5.14. The zero-order valence-electron chi connectivity index (χ0n) is 8.76. The zero-order chi connectivity index (χ0) is 9.31. The molecule has 76 valence electrons. The first-order valence-corrected chi connectivity index (χ1v) is 5.64. The maximum Gasteiger partial charge on any atom is 0.00392 e. The molecule has 13 heavy (non-hydrogen) atoms. The van der Waals surface area contributed by atoms with Crippen molar-refractivity contribution >= 4 is 0 Å². The van der Waals surface area contributed by atoms with Crippen molar-refractivity contribution in [1.29, 1.82) is 0 Å². The number of likely N-dealkylation sites (tertiary alicyclic amines) is 1. The predicted octanol–water partition coefficient (Wildman–Crippen LogP) is 1.60. The van der Waals surface area contributed by atoms with Gasteiger partial charge in [-0.25, -0.2) is 0 Å². The highest BCUT2D eigenvalue weighted by molar-refractivity contribution is 4.90. The third-order valence-corrected chi connectivity index (χ3v) is 4.14. The highest BCUT2D eigenvalue weighted by Crippen LogP contribution is 2.43. The van der Waals surface area contributed by atoms with Crippen LogP contribution in [0.1, 0.15) is 38.5 Å². The summed E-state index contributed by atoms with van der Waals surface area (Å²) in [7, 11) is 2.24. The molecule has 1 aliphatic heterocycles. The molecule has 1 saturated heterocycles. The Balaban J connectivity index is 1.90. The summed E-state index contributed by atoms with van der Waals surface area (Å²) < 4.78 is 0. The molecule has 0 amide bonds. The summed E-state index contributed by atoms with van der Waals surface area (Å²) in [4.78, 5) is 2.46. The molecule has 0 aromatic carbocycles. The van der Waals surface area contributed by atoms with E-state index in [4.69, 9.17) is 5.73 Å². The van der Waals surface area contributed by atoms with Gasteiger partial charge in [0, 0.05) is 6.04 Å². The number of nitrogens with zero attached hydrogens (tertiary/aromatic N) is 1. The van der Waals surface area contributed by atoms with E-state index in [9.17, 15) is 0 Å². The van der Waals surface area contributed by atoms with Gasteiger partial charge >= 0.3 is 0 Å². The van der Waals surface area contributed by atoms with Crippen LogP contribution >= 0.6 is 0 Å². The Hall–Kier alpha value is -0.0800. The standard InChI is InChI=1S/C11H22N2/c1-13-8-6-11(7-9-13)4-2-10(12)3-5-11/h10H,2-9,12H2,1H3. The average Bonchev–Trinajstić information content (AvgIpc) is 2.16. The van der Waals surface area contributed by atoms with Gasteiger partial charge in [-0.2, -0.15) is 0 Å². The maximum atomic E-state index is 5.94. The first-order valence-electron chi connectivity index (χ1n) is 5.64. The lowest BCUT2D eigenvalue weighted by molar-refractivity contribution is 0.0749. The Morgan fingerprint density at radius 1 is 1.08 bits per heavy atom. The normalized spacial score (nSPS) is 30.9. The molecule has 2 nitrogen and oxygen atoms in total. The second kappa shape index (κ2) is 3.58. The zero-order valence-corrected chi connectivity index (χ0v) is 8.76. The molecule has 1 aliphatic carbocycles. The molecular weight excluding hydrogens is 160 g/mol. The van der Waals surface area contributed by atoms with Crippen molar-refractivity contribution in [2.75, 3.05) is 20.1 Å². The van der Waals surface area contributed by atoms with E-state index in [1.807, 2.05) is 0 Å². The molecule has 0 bridgehead atoms. The monoisotopic (exact) mass is 182 g/mol. The summed E-state index contributed by atoms with van der Waals surface area (Å²) in [5, 5.41) is 0. The third kappa shape index (κ3) is 2.05. The molecule has 0 unspecified atom stereocenters. The van der Waals surface area contributed by atoms with Crippen molar-refractivity contribution in [2.24, 2.45) is 11.1 Å². The molecule has 2 fully saturated rings. The van der Waals surface area contributed by atoms with Crippen molar-refractivity contribution in [3.63, 3.8) is 0 Å². The summed E-state index contributed by atoms with van der Waals surface area (Å²) >= 11 is 0. The van der Waals surface area contributed by atoms with E-state index in [2.05, 4.69) is 11.9 Å². The highest BCUT2D eigenvalue weighted by Gasteiger charge is 2.36. The Bertz CT molecular complexity index is 139. The molecule has 1 saturated carbocycles. The van der Waals surface area contributed by atoms with Gasteiger partial charge in [0.2, 0.25) is 0 Å². The topological polar surface area (TPSA) is 29.3 Å². The quantitative estimate of drug-likeness (QED) is 0.616. The number of rotatable bonds is 0. The Labute approximate surface area is 81.5 Å². The predicted molar refractivity (Wildman–Crippen MR) is 55.6 cm³/mol. The molecule has 2 heteroatoms. The molecule has 0 aromatic rings. The first-order chi connectivity index (χ1) is 6.20. The number of nitrogens with two attached hydrogens (primary N) is 1. The minimum atomic E-state index is 0.505. The van der Waals surface area contributed by atoms with Crippen molar-refractivity contribution in [2.45, 2.75) is 44.6 Å². The van der Waals surface area contributed by atoms with Crippen LogP contribution < -0.4 is 5.73 Å². The van der Waals surface area contributed by atoms with Crippen LogP contribution in [0.15, 0.2) is 0 Å². The van der Waals surface area contributed by atoms with Crippen molar-refractivity contribution in [3.8, 4) is 0 Å². The summed E-state index contributed by atoms with van der Waals surface area (Å²) in [5.74, 6) is 0. The Kier molecular flexibility index (Phi) is 2.61. The van der Waals surface area contributed by atoms with Gasteiger partial charge in [-0.1, -0.05) is 0 Å². The van der Waals surface area contributed by atoms with Crippen LogP contribution in [0.4, 0.5) is 0 Å². The van der Waals surface area contributed by atoms with E-state index >= 15 is 0 Å². The third-order valence-electron chi connectivity index (χ3n) is 4.14. The van der Waals surface area contributed by atoms with Crippen LogP contribution in [0.2, 0.25) is 0 Å². The summed E-state index contributed by atoms with van der Waals surface area (Å²) in [6.45, 7) is 2.60. The molecule has 2 aliphatic rings. The lowest BCUT2D eigenvalue weighted by Crippen LogP contribution is -2.42. The van der Waals surface area contributed by atoms with E-state index in [1.54, 1.807) is 0 Å². The van der Waals surface area contributed by atoms with Gasteiger partial charge in [0.15, 0.2) is 0 Å². The molecule has 0 radical (unpaired) electrons. The average molecular weight is 182 g/mol. The van der Waals surface area contributed by atoms with Crippen molar-refractivity contribution in [1.82, 2.24) is 4.90 Å². The van der Waals surface area contributed by atoms with E-state index in [0.29, 0.717) is 11.5 Å². The summed E-state index contributed by atoms with van der Waals surface area (Å²) in [6, 6.07) is 0.505. The maximum absolute atomic E-state index is 5.94. The van der Waals surface area contributed by atoms with Gasteiger partial charge in [0.1, 0.15) is 0 Å². The van der Waals surface area contributed by atoms with E-state index < -0.39 is 0 Å². The number of piperidine rings is 1. The number of hydrogen-bond acceptors (Lipinski definition) is 2. The van der Waals surface area contributed by atoms with Crippen LogP contribution in [-0.4, -0.2) is 31.1 Å².